The number of aromatic hydroxyl groups is 1. The van der Waals surface area contributed by atoms with Crippen LogP contribution in [0.2, 0.25) is 0 Å². The zero-order valence-corrected chi connectivity index (χ0v) is 14.0. The molecule has 3 rings (SSSR count). The predicted molar refractivity (Wildman–Crippen MR) is 91.5 cm³/mol. The summed E-state index contributed by atoms with van der Waals surface area (Å²) in [5, 5.41) is 9.70. The van der Waals surface area contributed by atoms with Crippen molar-refractivity contribution in [3.63, 3.8) is 0 Å². The number of halogens is 5. The van der Waals surface area contributed by atoms with Gasteiger partial charge in [0.25, 0.3) is 0 Å². The fourth-order valence-corrected chi connectivity index (χ4v) is 3.05. The lowest BCUT2D eigenvalue weighted by molar-refractivity contribution is -0.140. The van der Waals surface area contributed by atoms with Crippen molar-refractivity contribution in [2.24, 2.45) is 0 Å². The van der Waals surface area contributed by atoms with E-state index < -0.39 is 29.3 Å². The molecule has 1 atom stereocenters. The fraction of sp³-hybridized carbons (Fsp3) is 0.143. The van der Waals surface area contributed by atoms with Crippen LogP contribution in [0.1, 0.15) is 28.2 Å². The van der Waals surface area contributed by atoms with Crippen molar-refractivity contribution in [2.75, 3.05) is 0 Å². The van der Waals surface area contributed by atoms with Gasteiger partial charge in [0.05, 0.1) is 5.56 Å². The van der Waals surface area contributed by atoms with Crippen LogP contribution in [0.15, 0.2) is 66.7 Å². The maximum absolute atomic E-state index is 13.8. The third-order valence-electron chi connectivity index (χ3n) is 4.29. The van der Waals surface area contributed by atoms with Crippen LogP contribution in [0, 0.1) is 11.6 Å². The molecule has 0 aliphatic rings. The Balaban J connectivity index is 2.12. The van der Waals surface area contributed by atoms with Crippen LogP contribution in [0.5, 0.6) is 5.75 Å². The lowest BCUT2D eigenvalue weighted by Crippen LogP contribution is -2.12. The number of hydrogen-bond donors (Lipinski definition) is 1. The molecular formula is C21H15F5O. The van der Waals surface area contributed by atoms with Crippen molar-refractivity contribution in [2.45, 2.75) is 18.5 Å². The molecule has 3 aromatic rings. The van der Waals surface area contributed by atoms with E-state index in [1.165, 1.54) is 12.1 Å². The Bertz CT molecular complexity index is 915. The minimum atomic E-state index is -4.85. The molecule has 0 heterocycles. The molecule has 0 aliphatic carbocycles. The van der Waals surface area contributed by atoms with Gasteiger partial charge in [0.15, 0.2) is 0 Å². The van der Waals surface area contributed by atoms with Gasteiger partial charge in [-0.2, -0.15) is 13.2 Å². The normalized spacial score (nSPS) is 12.8. The van der Waals surface area contributed by atoms with Crippen molar-refractivity contribution in [1.82, 2.24) is 0 Å². The number of hydrogen-bond acceptors (Lipinski definition) is 1. The maximum atomic E-state index is 13.8. The smallest absolute Gasteiger partial charge is 0.419 e. The van der Waals surface area contributed by atoms with Crippen molar-refractivity contribution in [1.29, 1.82) is 0 Å². The number of phenols is 1. The van der Waals surface area contributed by atoms with E-state index in [2.05, 4.69) is 0 Å². The highest BCUT2D eigenvalue weighted by Crippen LogP contribution is 2.37. The van der Waals surface area contributed by atoms with Gasteiger partial charge in [0.1, 0.15) is 17.4 Å². The Kier molecular flexibility index (Phi) is 5.17. The minimum Gasteiger partial charge on any atom is -0.508 e. The lowest BCUT2D eigenvalue weighted by Gasteiger charge is -2.20. The molecule has 0 radical (unpaired) electrons. The Morgan fingerprint density at radius 2 is 1.52 bits per heavy atom. The van der Waals surface area contributed by atoms with Crippen molar-refractivity contribution in [3.05, 3.63) is 101 Å². The molecule has 6 heteroatoms. The Morgan fingerprint density at radius 3 is 2.15 bits per heavy atom. The molecule has 3 aromatic carbocycles. The van der Waals surface area contributed by atoms with Crippen LogP contribution >= 0.6 is 0 Å². The third-order valence-corrected chi connectivity index (χ3v) is 4.29. The van der Waals surface area contributed by atoms with Crippen LogP contribution in [0.25, 0.3) is 0 Å². The first-order valence-corrected chi connectivity index (χ1v) is 8.14. The second kappa shape index (κ2) is 7.39. The van der Waals surface area contributed by atoms with E-state index in [1.807, 2.05) is 0 Å². The monoisotopic (exact) mass is 378 g/mol. The van der Waals surface area contributed by atoms with Crippen LogP contribution in [-0.4, -0.2) is 5.11 Å². The molecular weight excluding hydrogens is 363 g/mol. The summed E-state index contributed by atoms with van der Waals surface area (Å²) in [4.78, 5) is 0. The van der Waals surface area contributed by atoms with Gasteiger partial charge in [0.2, 0.25) is 0 Å². The fourth-order valence-electron chi connectivity index (χ4n) is 3.05. The first-order valence-electron chi connectivity index (χ1n) is 8.14. The van der Waals surface area contributed by atoms with E-state index in [9.17, 15) is 27.1 Å². The van der Waals surface area contributed by atoms with Gasteiger partial charge in [-0.05, 0) is 47.4 Å². The second-order valence-electron chi connectivity index (χ2n) is 6.22. The van der Waals surface area contributed by atoms with Crippen LogP contribution in [0.3, 0.4) is 0 Å². The van der Waals surface area contributed by atoms with Gasteiger partial charge in [0, 0.05) is 12.0 Å². The van der Waals surface area contributed by atoms with Crippen molar-refractivity contribution >= 4 is 0 Å². The summed E-state index contributed by atoms with van der Waals surface area (Å²) in [6.07, 6.45) is -4.59. The molecule has 0 amide bonds. The van der Waals surface area contributed by atoms with Crippen LogP contribution in [0.4, 0.5) is 22.0 Å². The Labute approximate surface area is 152 Å². The standard InChI is InChI=1S/C21H15F5O/c22-16-9-15(10-17(27)12-16)18(8-13-4-2-1-3-5-13)14-6-7-20(23)19(11-14)21(24,25)26/h1-7,9-12,18,27H,8H2/t18-/m0/s1. The van der Waals surface area contributed by atoms with Crippen LogP contribution in [-0.2, 0) is 12.6 Å². The largest absolute Gasteiger partial charge is 0.508 e. The number of rotatable bonds is 4. The lowest BCUT2D eigenvalue weighted by atomic mass is 9.85. The quantitative estimate of drug-likeness (QED) is 0.547. The van der Waals surface area contributed by atoms with Crippen LogP contribution < -0.4 is 0 Å². The number of alkyl halides is 3. The van der Waals surface area contributed by atoms with Gasteiger partial charge < -0.3 is 5.11 Å². The van der Waals surface area contributed by atoms with E-state index in [1.54, 1.807) is 30.3 Å². The molecule has 1 nitrogen and oxygen atoms in total. The van der Waals surface area contributed by atoms with E-state index in [4.69, 9.17) is 0 Å². The number of benzene rings is 3. The molecule has 0 bridgehead atoms. The number of phenolic OH excluding ortho intramolecular Hbond substituents is 1. The van der Waals surface area contributed by atoms with E-state index >= 15 is 0 Å². The summed E-state index contributed by atoms with van der Waals surface area (Å²) in [5.41, 5.74) is -0.0866. The predicted octanol–water partition coefficient (Wildman–Crippen LogP) is 6.06. The summed E-state index contributed by atoms with van der Waals surface area (Å²) in [6, 6.07) is 15.1. The summed E-state index contributed by atoms with van der Waals surface area (Å²) < 4.78 is 66.8. The SMILES string of the molecule is Oc1cc(F)cc([C@@H](Cc2ccccc2)c2ccc(F)c(C(F)(F)F)c2)c1. The zero-order valence-electron chi connectivity index (χ0n) is 14.0. The molecule has 140 valence electrons. The molecule has 0 spiro atoms. The highest BCUT2D eigenvalue weighted by molar-refractivity contribution is 5.41. The third kappa shape index (κ3) is 4.45. The average molecular weight is 378 g/mol. The summed E-state index contributed by atoms with van der Waals surface area (Å²) in [6.45, 7) is 0. The zero-order chi connectivity index (χ0) is 19.6. The molecule has 27 heavy (non-hydrogen) atoms. The molecule has 0 saturated heterocycles. The highest BCUT2D eigenvalue weighted by Gasteiger charge is 2.35. The molecule has 0 unspecified atom stereocenters. The van der Waals surface area contributed by atoms with Crippen molar-refractivity contribution < 1.29 is 27.1 Å². The first-order chi connectivity index (χ1) is 12.7. The maximum Gasteiger partial charge on any atom is 0.419 e. The molecule has 0 saturated carbocycles. The van der Waals surface area contributed by atoms with Crippen molar-refractivity contribution in [3.8, 4) is 5.75 Å². The highest BCUT2D eigenvalue weighted by atomic mass is 19.4. The minimum absolute atomic E-state index is 0.178. The van der Waals surface area contributed by atoms with Gasteiger partial charge in [-0.3, -0.25) is 0 Å². The summed E-state index contributed by atoms with van der Waals surface area (Å²) in [5.74, 6) is -3.11. The van der Waals surface area contributed by atoms with E-state index in [0.29, 0.717) is 5.56 Å². The molecule has 1 N–H and O–H groups in total. The average Bonchev–Trinajstić information content (AvgIpc) is 2.59. The van der Waals surface area contributed by atoms with E-state index in [-0.39, 0.29) is 17.7 Å². The van der Waals surface area contributed by atoms with Gasteiger partial charge in [-0.25, -0.2) is 8.78 Å². The van der Waals surface area contributed by atoms with Gasteiger partial charge in [-0.1, -0.05) is 36.4 Å². The first kappa shape index (κ1) is 18.9. The van der Waals surface area contributed by atoms with Gasteiger partial charge in [-0.15, -0.1) is 0 Å². The summed E-state index contributed by atoms with van der Waals surface area (Å²) in [7, 11) is 0. The Morgan fingerprint density at radius 1 is 0.815 bits per heavy atom. The molecule has 0 aliphatic heterocycles. The topological polar surface area (TPSA) is 20.2 Å². The van der Waals surface area contributed by atoms with E-state index in [0.717, 1.165) is 29.8 Å². The summed E-state index contributed by atoms with van der Waals surface area (Å²) >= 11 is 0. The second-order valence-corrected chi connectivity index (χ2v) is 6.22. The molecule has 0 fully saturated rings. The van der Waals surface area contributed by atoms with Gasteiger partial charge >= 0.3 is 6.18 Å². The Hall–Kier alpha value is -2.89. The molecule has 0 aromatic heterocycles.